The van der Waals surface area contributed by atoms with E-state index in [-0.39, 0.29) is 0 Å². The summed E-state index contributed by atoms with van der Waals surface area (Å²) in [7, 11) is 0. The number of hydrogen-bond donors (Lipinski definition) is 0. The third-order valence-electron chi connectivity index (χ3n) is 1.73. The molecule has 0 amide bonds. The van der Waals surface area contributed by atoms with Crippen LogP contribution in [0.5, 0.6) is 0 Å². The fourth-order valence-corrected chi connectivity index (χ4v) is 0.980. The standard InChI is InChI=1S/C12H21/c1-3-5-7-9-11-12-10-8-6-4-2/h7,9,11-12H,1,3-6,8,10H2,2H3/b9-7+,12-11-. The number of allylic oxidation sites excluding steroid dienone is 4. The lowest BCUT2D eigenvalue weighted by atomic mass is 10.2. The first-order valence-electron chi connectivity index (χ1n) is 5.02. The van der Waals surface area contributed by atoms with Crippen molar-refractivity contribution in [1.82, 2.24) is 0 Å². The van der Waals surface area contributed by atoms with Crippen molar-refractivity contribution in [3.05, 3.63) is 31.2 Å². The van der Waals surface area contributed by atoms with Crippen LogP contribution in [-0.4, -0.2) is 0 Å². The van der Waals surface area contributed by atoms with Gasteiger partial charge in [0.25, 0.3) is 0 Å². The van der Waals surface area contributed by atoms with Gasteiger partial charge in [0, 0.05) is 0 Å². The molecule has 0 heterocycles. The van der Waals surface area contributed by atoms with E-state index < -0.39 is 0 Å². The van der Waals surface area contributed by atoms with Gasteiger partial charge in [0.2, 0.25) is 0 Å². The molecule has 0 nitrogen and oxygen atoms in total. The van der Waals surface area contributed by atoms with E-state index in [1.807, 2.05) is 0 Å². The molecule has 0 unspecified atom stereocenters. The third-order valence-corrected chi connectivity index (χ3v) is 1.73. The molecule has 0 aromatic carbocycles. The van der Waals surface area contributed by atoms with Crippen molar-refractivity contribution in [2.24, 2.45) is 0 Å². The quantitative estimate of drug-likeness (QED) is 0.390. The molecular weight excluding hydrogens is 144 g/mol. The normalized spacial score (nSPS) is 11.8. The van der Waals surface area contributed by atoms with Gasteiger partial charge in [-0.05, 0) is 25.7 Å². The van der Waals surface area contributed by atoms with Crippen molar-refractivity contribution in [2.75, 3.05) is 0 Å². The van der Waals surface area contributed by atoms with Crippen molar-refractivity contribution in [2.45, 2.75) is 45.4 Å². The first-order valence-corrected chi connectivity index (χ1v) is 5.02. The summed E-state index contributed by atoms with van der Waals surface area (Å²) in [5, 5.41) is 0. The van der Waals surface area contributed by atoms with Crippen LogP contribution in [-0.2, 0) is 0 Å². The topological polar surface area (TPSA) is 0 Å². The number of unbranched alkanes of at least 4 members (excludes halogenated alkanes) is 4. The van der Waals surface area contributed by atoms with Gasteiger partial charge in [-0.3, -0.25) is 0 Å². The Bertz CT molecular complexity index is 120. The van der Waals surface area contributed by atoms with E-state index in [2.05, 4.69) is 38.2 Å². The first-order chi connectivity index (χ1) is 5.91. The monoisotopic (exact) mass is 165 g/mol. The fraction of sp³-hybridized carbons (Fsp3) is 0.583. The highest BCUT2D eigenvalue weighted by Crippen LogP contribution is 1.99. The van der Waals surface area contributed by atoms with Crippen LogP contribution in [0.3, 0.4) is 0 Å². The van der Waals surface area contributed by atoms with Crippen molar-refractivity contribution >= 4 is 0 Å². The molecule has 0 saturated heterocycles. The summed E-state index contributed by atoms with van der Waals surface area (Å²) in [5.41, 5.74) is 0. The highest BCUT2D eigenvalue weighted by atomic mass is 13.9. The van der Waals surface area contributed by atoms with E-state index in [4.69, 9.17) is 0 Å². The maximum atomic E-state index is 3.77. The lowest BCUT2D eigenvalue weighted by molar-refractivity contribution is 0.729. The molecule has 0 aliphatic rings. The summed E-state index contributed by atoms with van der Waals surface area (Å²) in [6, 6.07) is 0. The lowest BCUT2D eigenvalue weighted by Gasteiger charge is -1.89. The Morgan fingerprint density at radius 3 is 2.25 bits per heavy atom. The molecule has 12 heavy (non-hydrogen) atoms. The summed E-state index contributed by atoms with van der Waals surface area (Å²) in [4.78, 5) is 0. The third kappa shape index (κ3) is 9.48. The Morgan fingerprint density at radius 2 is 1.67 bits per heavy atom. The maximum Gasteiger partial charge on any atom is -0.0348 e. The van der Waals surface area contributed by atoms with E-state index in [1.54, 1.807) is 0 Å². The Labute approximate surface area is 77.4 Å². The van der Waals surface area contributed by atoms with Gasteiger partial charge in [0.05, 0.1) is 0 Å². The summed E-state index contributed by atoms with van der Waals surface area (Å²) in [5.74, 6) is 0. The van der Waals surface area contributed by atoms with Crippen LogP contribution < -0.4 is 0 Å². The Balaban J connectivity index is 3.13. The highest BCUT2D eigenvalue weighted by molar-refractivity contribution is 5.02. The van der Waals surface area contributed by atoms with Crippen LogP contribution in [0.4, 0.5) is 0 Å². The van der Waals surface area contributed by atoms with Gasteiger partial charge in [0.1, 0.15) is 0 Å². The zero-order valence-corrected chi connectivity index (χ0v) is 8.26. The largest absolute Gasteiger partial charge is 0.0845 e. The second-order valence-electron chi connectivity index (χ2n) is 2.99. The van der Waals surface area contributed by atoms with Gasteiger partial charge in [0.15, 0.2) is 0 Å². The SMILES string of the molecule is [CH2]CC/C=C/C=C\CCCCC. The second kappa shape index (κ2) is 10.5. The predicted octanol–water partition coefficient (Wildman–Crippen LogP) is 4.29. The summed E-state index contributed by atoms with van der Waals surface area (Å²) in [6.07, 6.45) is 16.0. The molecule has 0 bridgehead atoms. The van der Waals surface area contributed by atoms with Gasteiger partial charge in [-0.15, -0.1) is 0 Å². The van der Waals surface area contributed by atoms with E-state index in [0.29, 0.717) is 0 Å². The molecule has 0 N–H and O–H groups in total. The minimum absolute atomic E-state index is 1.00. The zero-order chi connectivity index (χ0) is 9.07. The van der Waals surface area contributed by atoms with Crippen molar-refractivity contribution in [3.63, 3.8) is 0 Å². The molecule has 0 rings (SSSR count). The number of hydrogen-bond acceptors (Lipinski definition) is 0. The Kier molecular flexibility index (Phi) is 10.0. The molecule has 0 aliphatic carbocycles. The molecular formula is C12H21. The van der Waals surface area contributed by atoms with Gasteiger partial charge in [-0.1, -0.05) is 51.0 Å². The zero-order valence-electron chi connectivity index (χ0n) is 8.26. The van der Waals surface area contributed by atoms with Crippen LogP contribution >= 0.6 is 0 Å². The maximum absolute atomic E-state index is 3.77. The molecule has 0 saturated carbocycles. The number of rotatable bonds is 7. The fourth-order valence-electron chi connectivity index (χ4n) is 0.980. The lowest BCUT2D eigenvalue weighted by Crippen LogP contribution is -1.69. The average molecular weight is 165 g/mol. The molecule has 0 fully saturated rings. The molecule has 0 spiro atoms. The first kappa shape index (κ1) is 11.5. The van der Waals surface area contributed by atoms with E-state index in [1.165, 1.54) is 25.7 Å². The van der Waals surface area contributed by atoms with Gasteiger partial charge >= 0.3 is 0 Å². The van der Waals surface area contributed by atoms with Crippen LogP contribution in [0.2, 0.25) is 0 Å². The molecule has 0 aromatic heterocycles. The summed E-state index contributed by atoms with van der Waals surface area (Å²) in [6.45, 7) is 6.00. The van der Waals surface area contributed by atoms with Crippen molar-refractivity contribution in [3.8, 4) is 0 Å². The minimum atomic E-state index is 1.00. The Hall–Kier alpha value is -0.520. The smallest absolute Gasteiger partial charge is 0.0348 e. The Morgan fingerprint density at radius 1 is 1.00 bits per heavy atom. The van der Waals surface area contributed by atoms with Gasteiger partial charge < -0.3 is 0 Å². The van der Waals surface area contributed by atoms with Crippen molar-refractivity contribution < 1.29 is 0 Å². The van der Waals surface area contributed by atoms with Gasteiger partial charge in [-0.25, -0.2) is 0 Å². The highest BCUT2D eigenvalue weighted by Gasteiger charge is 1.79. The second-order valence-corrected chi connectivity index (χ2v) is 2.99. The predicted molar refractivity (Wildman–Crippen MR) is 57.0 cm³/mol. The van der Waals surface area contributed by atoms with Crippen molar-refractivity contribution in [1.29, 1.82) is 0 Å². The summed E-state index contributed by atoms with van der Waals surface area (Å²) >= 11 is 0. The van der Waals surface area contributed by atoms with E-state index in [0.717, 1.165) is 12.8 Å². The van der Waals surface area contributed by atoms with Crippen LogP contribution in [0.25, 0.3) is 0 Å². The summed E-state index contributed by atoms with van der Waals surface area (Å²) < 4.78 is 0. The molecule has 0 heteroatoms. The molecule has 1 radical (unpaired) electrons. The van der Waals surface area contributed by atoms with Crippen LogP contribution in [0.1, 0.15) is 45.4 Å². The van der Waals surface area contributed by atoms with Gasteiger partial charge in [-0.2, -0.15) is 0 Å². The minimum Gasteiger partial charge on any atom is -0.0845 e. The average Bonchev–Trinajstić information content (AvgIpc) is 2.10. The van der Waals surface area contributed by atoms with E-state index in [9.17, 15) is 0 Å². The van der Waals surface area contributed by atoms with Crippen LogP contribution in [0, 0.1) is 6.92 Å². The molecule has 0 atom stereocenters. The molecule has 0 aliphatic heterocycles. The molecule has 69 valence electrons. The molecule has 0 aromatic rings. The van der Waals surface area contributed by atoms with E-state index >= 15 is 0 Å². The van der Waals surface area contributed by atoms with Crippen LogP contribution in [0.15, 0.2) is 24.3 Å².